The highest BCUT2D eigenvalue weighted by Gasteiger charge is 2.44. The Hall–Kier alpha value is -1.87. The smallest absolute Gasteiger partial charge is 0.345 e. The van der Waals surface area contributed by atoms with Crippen molar-refractivity contribution in [2.24, 2.45) is 0 Å². The molecule has 2 aliphatic heterocycles. The molecule has 2 atom stereocenters. The Bertz CT molecular complexity index is 943. The molecule has 0 aliphatic carbocycles. The van der Waals surface area contributed by atoms with Crippen LogP contribution in [0.15, 0.2) is 18.2 Å². The zero-order valence-corrected chi connectivity index (χ0v) is 23.2. The summed E-state index contributed by atoms with van der Waals surface area (Å²) in [6, 6.07) is 3.51. The summed E-state index contributed by atoms with van der Waals surface area (Å²) in [5.41, 5.74) is 1.06. The Morgan fingerprint density at radius 3 is 2.29 bits per heavy atom. The summed E-state index contributed by atoms with van der Waals surface area (Å²) in [5.74, 6) is -1.09. The molecule has 0 aromatic heterocycles. The Balaban J connectivity index is 1.78. The SMILES string of the molecule is COc1cc(/C=C/C[C@@H]2OC(C)(C)O[C@@H]2CO[Si](C)(C)C(C)(C)C)c2c(c1)OC(C)(C)OC2=O. The average molecular weight is 493 g/mol. The van der Waals surface area contributed by atoms with Crippen LogP contribution in [0.4, 0.5) is 0 Å². The first-order chi connectivity index (χ1) is 15.5. The quantitative estimate of drug-likeness (QED) is 0.345. The molecule has 1 aromatic rings. The van der Waals surface area contributed by atoms with Gasteiger partial charge in [-0.25, -0.2) is 4.79 Å². The van der Waals surface area contributed by atoms with Crippen LogP contribution in [-0.4, -0.2) is 51.8 Å². The van der Waals surface area contributed by atoms with Gasteiger partial charge in [0.05, 0.1) is 19.8 Å². The molecular formula is C26H40O7Si. The minimum Gasteiger partial charge on any atom is -0.497 e. The number of benzene rings is 1. The van der Waals surface area contributed by atoms with Crippen molar-refractivity contribution < 1.29 is 32.9 Å². The molecule has 0 bridgehead atoms. The van der Waals surface area contributed by atoms with Crippen LogP contribution in [0.3, 0.4) is 0 Å². The maximum absolute atomic E-state index is 12.7. The van der Waals surface area contributed by atoms with E-state index >= 15 is 0 Å². The van der Waals surface area contributed by atoms with Crippen molar-refractivity contribution in [2.75, 3.05) is 13.7 Å². The van der Waals surface area contributed by atoms with Crippen molar-refractivity contribution in [1.82, 2.24) is 0 Å². The number of hydrogen-bond acceptors (Lipinski definition) is 7. The van der Waals surface area contributed by atoms with Gasteiger partial charge in [-0.3, -0.25) is 0 Å². The summed E-state index contributed by atoms with van der Waals surface area (Å²) in [6.45, 7) is 18.9. The molecule has 0 N–H and O–H groups in total. The van der Waals surface area contributed by atoms with Crippen molar-refractivity contribution in [3.8, 4) is 11.5 Å². The molecular weight excluding hydrogens is 452 g/mol. The van der Waals surface area contributed by atoms with Gasteiger partial charge < -0.3 is 28.1 Å². The van der Waals surface area contributed by atoms with Gasteiger partial charge in [-0.15, -0.1) is 0 Å². The first-order valence-electron chi connectivity index (χ1n) is 11.8. The van der Waals surface area contributed by atoms with Crippen molar-refractivity contribution in [3.05, 3.63) is 29.3 Å². The van der Waals surface area contributed by atoms with Gasteiger partial charge in [-0.2, -0.15) is 0 Å². The molecule has 1 fully saturated rings. The fourth-order valence-electron chi connectivity index (χ4n) is 3.80. The molecule has 7 nitrogen and oxygen atoms in total. The molecule has 1 saturated heterocycles. The van der Waals surface area contributed by atoms with Gasteiger partial charge in [0.25, 0.3) is 0 Å². The highest BCUT2D eigenvalue weighted by molar-refractivity contribution is 6.74. The lowest BCUT2D eigenvalue weighted by molar-refractivity contribution is -0.148. The second-order valence-corrected chi connectivity index (χ2v) is 16.2. The van der Waals surface area contributed by atoms with E-state index in [4.69, 9.17) is 28.1 Å². The van der Waals surface area contributed by atoms with E-state index in [1.54, 1.807) is 33.1 Å². The number of rotatable bonds is 7. The number of ether oxygens (including phenoxy) is 5. The molecule has 190 valence electrons. The summed E-state index contributed by atoms with van der Waals surface area (Å²) in [5, 5.41) is 0.119. The van der Waals surface area contributed by atoms with Gasteiger partial charge >= 0.3 is 5.97 Å². The highest BCUT2D eigenvalue weighted by atomic mass is 28.4. The molecule has 0 radical (unpaired) electrons. The fourth-order valence-corrected chi connectivity index (χ4v) is 4.82. The van der Waals surface area contributed by atoms with Crippen LogP contribution in [0.2, 0.25) is 18.1 Å². The maximum atomic E-state index is 12.7. The average Bonchev–Trinajstić information content (AvgIpc) is 2.97. The van der Waals surface area contributed by atoms with Crippen LogP contribution in [0.1, 0.15) is 70.8 Å². The summed E-state index contributed by atoms with van der Waals surface area (Å²) < 4.78 is 35.5. The van der Waals surface area contributed by atoms with Gasteiger partial charge in [-0.1, -0.05) is 32.9 Å². The fraction of sp³-hybridized carbons (Fsp3) is 0.654. The number of carbonyl (C=O) groups excluding carboxylic acids is 1. The van der Waals surface area contributed by atoms with E-state index in [1.165, 1.54) is 0 Å². The minimum absolute atomic E-state index is 0.119. The zero-order chi connectivity index (χ0) is 25.5. The second kappa shape index (κ2) is 9.30. The Labute approximate surface area is 204 Å². The first-order valence-corrected chi connectivity index (χ1v) is 14.7. The molecule has 0 spiro atoms. The van der Waals surface area contributed by atoms with Crippen molar-refractivity contribution in [2.45, 2.75) is 96.8 Å². The summed E-state index contributed by atoms with van der Waals surface area (Å²) in [4.78, 5) is 12.7. The predicted molar refractivity (Wildman–Crippen MR) is 134 cm³/mol. The Morgan fingerprint density at radius 2 is 1.68 bits per heavy atom. The maximum Gasteiger partial charge on any atom is 0.345 e. The molecule has 0 saturated carbocycles. The third kappa shape index (κ3) is 6.03. The van der Waals surface area contributed by atoms with Crippen molar-refractivity contribution in [3.63, 3.8) is 0 Å². The monoisotopic (exact) mass is 492 g/mol. The summed E-state index contributed by atoms with van der Waals surface area (Å²) in [6.07, 6.45) is 4.12. The number of esters is 1. The van der Waals surface area contributed by atoms with Gasteiger partial charge in [0.2, 0.25) is 5.79 Å². The second-order valence-electron chi connectivity index (χ2n) is 11.4. The lowest BCUT2D eigenvalue weighted by Gasteiger charge is -2.37. The van der Waals surface area contributed by atoms with E-state index in [0.29, 0.717) is 35.7 Å². The lowest BCUT2D eigenvalue weighted by Crippen LogP contribution is -2.44. The van der Waals surface area contributed by atoms with Crippen LogP contribution >= 0.6 is 0 Å². The van der Waals surface area contributed by atoms with Crippen LogP contribution in [0, 0.1) is 0 Å². The zero-order valence-electron chi connectivity index (χ0n) is 22.2. The van der Waals surface area contributed by atoms with E-state index in [-0.39, 0.29) is 17.2 Å². The standard InChI is InChI=1S/C26H40O7Si/c1-24(2,3)34(9,10)29-16-21-19(30-25(4,5)32-21)13-11-12-17-14-18(28-8)15-20-22(17)23(27)33-26(6,7)31-20/h11-12,14-15,19,21H,13,16H2,1-10H3/b12-11+/t19-,21+/m0/s1. The lowest BCUT2D eigenvalue weighted by atomic mass is 10.0. The van der Waals surface area contributed by atoms with Crippen molar-refractivity contribution >= 4 is 20.4 Å². The van der Waals surface area contributed by atoms with E-state index in [2.05, 4.69) is 33.9 Å². The summed E-state index contributed by atoms with van der Waals surface area (Å²) in [7, 11) is -0.328. The van der Waals surface area contributed by atoms with Crippen molar-refractivity contribution in [1.29, 1.82) is 0 Å². The number of hydrogen-bond donors (Lipinski definition) is 0. The number of methoxy groups -OCH3 is 1. The number of carbonyl (C=O) groups is 1. The molecule has 0 amide bonds. The van der Waals surface area contributed by atoms with Gasteiger partial charge in [-0.05, 0) is 50.0 Å². The van der Waals surface area contributed by atoms with Gasteiger partial charge in [0.15, 0.2) is 14.1 Å². The molecule has 34 heavy (non-hydrogen) atoms. The van der Waals surface area contributed by atoms with E-state index in [9.17, 15) is 4.79 Å². The molecule has 8 heteroatoms. The summed E-state index contributed by atoms with van der Waals surface area (Å²) >= 11 is 0. The van der Waals surface area contributed by atoms with Crippen LogP contribution in [0.25, 0.3) is 6.08 Å². The van der Waals surface area contributed by atoms with Crippen LogP contribution in [0.5, 0.6) is 11.5 Å². The molecule has 2 aliphatic rings. The topological polar surface area (TPSA) is 72.5 Å². The van der Waals surface area contributed by atoms with Crippen LogP contribution < -0.4 is 9.47 Å². The Morgan fingerprint density at radius 1 is 1.03 bits per heavy atom. The third-order valence-electron chi connectivity index (χ3n) is 6.61. The van der Waals surface area contributed by atoms with Crippen LogP contribution in [-0.2, 0) is 18.6 Å². The molecule has 0 unspecified atom stereocenters. The van der Waals surface area contributed by atoms with Gasteiger partial charge in [0, 0.05) is 19.9 Å². The minimum atomic E-state index is -1.91. The first kappa shape index (κ1) is 26.7. The molecule has 2 heterocycles. The Kier molecular flexibility index (Phi) is 7.31. The van der Waals surface area contributed by atoms with E-state index in [1.807, 2.05) is 26.0 Å². The molecule has 1 aromatic carbocycles. The van der Waals surface area contributed by atoms with E-state index in [0.717, 1.165) is 0 Å². The number of cyclic esters (lactones) is 1. The molecule has 3 rings (SSSR count). The van der Waals surface area contributed by atoms with E-state index < -0.39 is 25.9 Å². The predicted octanol–water partition coefficient (Wildman–Crippen LogP) is 5.93. The highest BCUT2D eigenvalue weighted by Crippen LogP contribution is 2.39. The van der Waals surface area contributed by atoms with Gasteiger partial charge in [0.1, 0.15) is 23.2 Å². The third-order valence-corrected chi connectivity index (χ3v) is 11.1. The largest absolute Gasteiger partial charge is 0.497 e. The number of fused-ring (bicyclic) bond motifs is 1. The normalized spacial score (nSPS) is 24.0.